The van der Waals surface area contributed by atoms with Gasteiger partial charge in [-0.1, -0.05) is 36.7 Å². The number of carbonyl (C=O) groups excluding carboxylic acids is 1. The zero-order valence-electron chi connectivity index (χ0n) is 11.1. The molecular weight excluding hydrogens is 250 g/mol. The molecule has 1 aromatic rings. The van der Waals surface area contributed by atoms with Gasteiger partial charge in [-0.2, -0.15) is 0 Å². The highest BCUT2D eigenvalue weighted by atomic mass is 35.5. The summed E-state index contributed by atoms with van der Waals surface area (Å²) in [6, 6.07) is 7.34. The monoisotopic (exact) mass is 269 g/mol. The van der Waals surface area contributed by atoms with E-state index in [0.717, 1.165) is 5.56 Å². The lowest BCUT2D eigenvalue weighted by atomic mass is 10.1. The van der Waals surface area contributed by atoms with Crippen molar-refractivity contribution >= 4 is 17.6 Å². The lowest BCUT2D eigenvalue weighted by molar-refractivity contribution is -0.145. The Balaban J connectivity index is 2.70. The smallest absolute Gasteiger partial charge is 0.323 e. The van der Waals surface area contributed by atoms with E-state index in [-0.39, 0.29) is 18.1 Å². The molecule has 18 heavy (non-hydrogen) atoms. The molecule has 0 amide bonds. The van der Waals surface area contributed by atoms with Crippen LogP contribution in [0.15, 0.2) is 24.3 Å². The molecule has 1 aromatic carbocycles. The summed E-state index contributed by atoms with van der Waals surface area (Å²) >= 11 is 6.13. The maximum absolute atomic E-state index is 11.7. The van der Waals surface area contributed by atoms with Crippen LogP contribution in [0.3, 0.4) is 0 Å². The second-order valence-corrected chi connectivity index (χ2v) is 4.53. The molecule has 0 heterocycles. The first-order valence-electron chi connectivity index (χ1n) is 6.27. The Morgan fingerprint density at radius 3 is 2.61 bits per heavy atom. The molecule has 0 bridgehead atoms. The second-order valence-electron chi connectivity index (χ2n) is 4.12. The van der Waals surface area contributed by atoms with E-state index in [2.05, 4.69) is 5.32 Å². The summed E-state index contributed by atoms with van der Waals surface area (Å²) < 4.78 is 5.03. The molecule has 0 aliphatic heterocycles. The van der Waals surface area contributed by atoms with Crippen LogP contribution in [0.1, 0.15) is 38.8 Å². The van der Waals surface area contributed by atoms with Crippen molar-refractivity contribution in [2.45, 2.75) is 39.3 Å². The van der Waals surface area contributed by atoms with Gasteiger partial charge in [0.05, 0.1) is 6.61 Å². The Morgan fingerprint density at radius 1 is 1.39 bits per heavy atom. The van der Waals surface area contributed by atoms with Gasteiger partial charge < -0.3 is 4.74 Å². The Bertz CT molecular complexity index is 395. The molecule has 0 fully saturated rings. The van der Waals surface area contributed by atoms with E-state index in [1.165, 1.54) is 0 Å². The summed E-state index contributed by atoms with van der Waals surface area (Å²) in [5.41, 5.74) is 0.988. The normalized spacial score (nSPS) is 14.0. The fourth-order valence-electron chi connectivity index (χ4n) is 1.81. The van der Waals surface area contributed by atoms with E-state index >= 15 is 0 Å². The van der Waals surface area contributed by atoms with Crippen LogP contribution in [-0.2, 0) is 9.53 Å². The molecule has 3 nitrogen and oxygen atoms in total. The van der Waals surface area contributed by atoms with Crippen molar-refractivity contribution in [3.8, 4) is 0 Å². The van der Waals surface area contributed by atoms with Gasteiger partial charge in [-0.15, -0.1) is 0 Å². The van der Waals surface area contributed by atoms with Gasteiger partial charge >= 0.3 is 5.97 Å². The Labute approximate surface area is 113 Å². The molecule has 1 N–H and O–H groups in total. The topological polar surface area (TPSA) is 38.3 Å². The Kier molecular flexibility index (Phi) is 6.16. The third-order valence-corrected chi connectivity index (χ3v) is 3.15. The molecule has 2 atom stereocenters. The predicted molar refractivity (Wildman–Crippen MR) is 73.7 cm³/mol. The van der Waals surface area contributed by atoms with Crippen molar-refractivity contribution in [3.05, 3.63) is 34.9 Å². The highest BCUT2D eigenvalue weighted by Gasteiger charge is 2.20. The summed E-state index contributed by atoms with van der Waals surface area (Å²) in [5.74, 6) is -0.209. The van der Waals surface area contributed by atoms with Crippen molar-refractivity contribution in [2.24, 2.45) is 0 Å². The quantitative estimate of drug-likeness (QED) is 0.805. The summed E-state index contributed by atoms with van der Waals surface area (Å²) in [5, 5.41) is 3.95. The van der Waals surface area contributed by atoms with Crippen LogP contribution in [0.4, 0.5) is 0 Å². The molecule has 0 saturated heterocycles. The minimum Gasteiger partial charge on any atom is -0.465 e. The third-order valence-electron chi connectivity index (χ3n) is 2.80. The van der Waals surface area contributed by atoms with Crippen LogP contribution in [0.5, 0.6) is 0 Å². The van der Waals surface area contributed by atoms with Crippen LogP contribution in [-0.4, -0.2) is 18.6 Å². The summed E-state index contributed by atoms with van der Waals surface area (Å²) in [6.07, 6.45) is 0.688. The summed E-state index contributed by atoms with van der Waals surface area (Å²) in [6.45, 7) is 6.15. The minimum absolute atomic E-state index is 0.00746. The van der Waals surface area contributed by atoms with E-state index in [9.17, 15) is 4.79 Å². The number of carbonyl (C=O) groups is 1. The number of hydrogen-bond donors (Lipinski definition) is 1. The number of halogens is 1. The molecule has 100 valence electrons. The fraction of sp³-hybridized carbons (Fsp3) is 0.500. The maximum atomic E-state index is 11.7. The van der Waals surface area contributed by atoms with Gasteiger partial charge in [0.1, 0.15) is 6.04 Å². The number of benzene rings is 1. The average Bonchev–Trinajstić information content (AvgIpc) is 2.36. The SMILES string of the molecule is CCOC(=O)C(CC)NC(C)c1ccccc1Cl. The van der Waals surface area contributed by atoms with E-state index in [0.29, 0.717) is 18.1 Å². The minimum atomic E-state index is -0.295. The summed E-state index contributed by atoms with van der Waals surface area (Å²) in [7, 11) is 0. The Morgan fingerprint density at radius 2 is 2.06 bits per heavy atom. The van der Waals surface area contributed by atoms with Crippen molar-refractivity contribution in [1.82, 2.24) is 5.32 Å². The number of ether oxygens (including phenoxy) is 1. The first-order valence-corrected chi connectivity index (χ1v) is 6.65. The zero-order valence-corrected chi connectivity index (χ0v) is 11.8. The number of hydrogen-bond acceptors (Lipinski definition) is 3. The first-order chi connectivity index (χ1) is 8.60. The van der Waals surface area contributed by atoms with Gasteiger partial charge in [0, 0.05) is 11.1 Å². The molecule has 1 rings (SSSR count). The van der Waals surface area contributed by atoms with Gasteiger partial charge in [-0.05, 0) is 31.9 Å². The Hall–Kier alpha value is -1.06. The van der Waals surface area contributed by atoms with Crippen molar-refractivity contribution in [2.75, 3.05) is 6.61 Å². The van der Waals surface area contributed by atoms with Crippen LogP contribution >= 0.6 is 11.6 Å². The van der Waals surface area contributed by atoms with E-state index < -0.39 is 0 Å². The molecule has 0 spiro atoms. The van der Waals surface area contributed by atoms with Gasteiger partial charge in [0.2, 0.25) is 0 Å². The van der Waals surface area contributed by atoms with Crippen molar-refractivity contribution < 1.29 is 9.53 Å². The van der Waals surface area contributed by atoms with E-state index in [4.69, 9.17) is 16.3 Å². The zero-order chi connectivity index (χ0) is 13.5. The van der Waals surface area contributed by atoms with Crippen LogP contribution in [0.25, 0.3) is 0 Å². The van der Waals surface area contributed by atoms with Crippen molar-refractivity contribution in [1.29, 1.82) is 0 Å². The molecule has 0 radical (unpaired) electrons. The predicted octanol–water partition coefficient (Wildman–Crippen LogP) is 3.33. The lowest BCUT2D eigenvalue weighted by Crippen LogP contribution is -2.39. The maximum Gasteiger partial charge on any atom is 0.323 e. The fourth-order valence-corrected chi connectivity index (χ4v) is 2.11. The molecule has 0 saturated carbocycles. The second kappa shape index (κ2) is 7.39. The third kappa shape index (κ3) is 4.00. The lowest BCUT2D eigenvalue weighted by Gasteiger charge is -2.21. The number of esters is 1. The van der Waals surface area contributed by atoms with Gasteiger partial charge in [0.15, 0.2) is 0 Å². The van der Waals surface area contributed by atoms with Crippen LogP contribution in [0, 0.1) is 0 Å². The van der Waals surface area contributed by atoms with Crippen molar-refractivity contribution in [3.63, 3.8) is 0 Å². The summed E-state index contributed by atoms with van der Waals surface area (Å²) in [4.78, 5) is 11.7. The average molecular weight is 270 g/mol. The van der Waals surface area contributed by atoms with Gasteiger partial charge in [0.25, 0.3) is 0 Å². The standard InChI is InChI=1S/C14H20ClNO2/c1-4-13(14(17)18-5-2)16-10(3)11-8-6-7-9-12(11)15/h6-10,13,16H,4-5H2,1-3H3. The molecule has 2 unspecified atom stereocenters. The molecule has 0 aliphatic carbocycles. The largest absolute Gasteiger partial charge is 0.465 e. The molecule has 0 aliphatic rings. The molecule has 4 heteroatoms. The van der Waals surface area contributed by atoms with Gasteiger partial charge in [-0.3, -0.25) is 10.1 Å². The molecule has 0 aromatic heterocycles. The van der Waals surface area contributed by atoms with Gasteiger partial charge in [-0.25, -0.2) is 0 Å². The van der Waals surface area contributed by atoms with Crippen LogP contribution < -0.4 is 5.32 Å². The van der Waals surface area contributed by atoms with E-state index in [1.807, 2.05) is 45.0 Å². The van der Waals surface area contributed by atoms with Crippen LogP contribution in [0.2, 0.25) is 5.02 Å². The highest BCUT2D eigenvalue weighted by Crippen LogP contribution is 2.22. The molecular formula is C14H20ClNO2. The first kappa shape index (κ1) is 15.0. The number of rotatable bonds is 6. The van der Waals surface area contributed by atoms with E-state index in [1.54, 1.807) is 0 Å². The number of nitrogens with one attached hydrogen (secondary N) is 1. The highest BCUT2D eigenvalue weighted by molar-refractivity contribution is 6.31.